The molecular weight excluding hydrogens is 202 g/mol. The number of ether oxygens (including phenoxy) is 1. The van der Waals surface area contributed by atoms with Gasteiger partial charge in [0.15, 0.2) is 0 Å². The summed E-state index contributed by atoms with van der Waals surface area (Å²) in [5, 5.41) is 0. The first-order valence-corrected chi connectivity index (χ1v) is 5.45. The van der Waals surface area contributed by atoms with Crippen molar-refractivity contribution < 1.29 is 4.74 Å². The summed E-state index contributed by atoms with van der Waals surface area (Å²) in [5.74, 6) is 0.574. The van der Waals surface area contributed by atoms with Crippen molar-refractivity contribution in [3.05, 3.63) is 24.3 Å². The molecule has 2 aromatic rings. The Morgan fingerprint density at radius 1 is 1.44 bits per heavy atom. The zero-order valence-corrected chi connectivity index (χ0v) is 9.68. The molecule has 0 aliphatic rings. The molecule has 2 N–H and O–H groups in total. The maximum Gasteiger partial charge on any atom is 0.201 e. The molecule has 0 saturated heterocycles. The van der Waals surface area contributed by atoms with Gasteiger partial charge in [-0.05, 0) is 25.5 Å². The number of hydrogen-bond acceptors (Lipinski definition) is 3. The molecule has 1 aromatic carbocycles. The lowest BCUT2D eigenvalue weighted by molar-refractivity contribution is 0.182. The Hall–Kier alpha value is -1.55. The van der Waals surface area contributed by atoms with E-state index in [1.807, 2.05) is 24.3 Å². The van der Waals surface area contributed by atoms with Gasteiger partial charge in [0.05, 0.1) is 11.0 Å². The van der Waals surface area contributed by atoms with Crippen molar-refractivity contribution in [1.29, 1.82) is 0 Å². The second kappa shape index (κ2) is 4.53. The van der Waals surface area contributed by atoms with Crippen LogP contribution < -0.4 is 5.73 Å². The van der Waals surface area contributed by atoms with E-state index < -0.39 is 0 Å². The Kier molecular flexibility index (Phi) is 3.10. The van der Waals surface area contributed by atoms with Crippen molar-refractivity contribution in [3.8, 4) is 0 Å². The van der Waals surface area contributed by atoms with Crippen molar-refractivity contribution in [3.63, 3.8) is 0 Å². The number of hydrogen-bond donors (Lipinski definition) is 1. The molecule has 86 valence electrons. The molecule has 0 amide bonds. The normalized spacial score (nSPS) is 13.1. The molecule has 0 radical (unpaired) electrons. The van der Waals surface area contributed by atoms with Gasteiger partial charge in [-0.3, -0.25) is 0 Å². The van der Waals surface area contributed by atoms with Gasteiger partial charge in [-0.1, -0.05) is 12.1 Å². The van der Waals surface area contributed by atoms with Crippen LogP contribution >= 0.6 is 0 Å². The van der Waals surface area contributed by atoms with E-state index in [2.05, 4.69) is 16.5 Å². The van der Waals surface area contributed by atoms with Crippen molar-refractivity contribution in [2.45, 2.75) is 19.4 Å². The predicted octanol–water partition coefficient (Wildman–Crippen LogP) is 2.22. The third-order valence-electron chi connectivity index (χ3n) is 2.80. The molecule has 0 aliphatic heterocycles. The minimum Gasteiger partial charge on any atom is -0.385 e. The van der Waals surface area contributed by atoms with E-state index in [-0.39, 0.29) is 0 Å². The van der Waals surface area contributed by atoms with Crippen molar-refractivity contribution >= 4 is 17.0 Å². The standard InChI is InChI=1S/C12H17N3O/c1-9(7-8-16-2)15-11-6-4-3-5-10(11)14-12(15)13/h3-6,9H,7-8H2,1-2H3,(H2,13,14). The number of anilines is 1. The Labute approximate surface area is 95.0 Å². The van der Waals surface area contributed by atoms with Crippen LogP contribution in [0.3, 0.4) is 0 Å². The van der Waals surface area contributed by atoms with Crippen LogP contribution in [-0.4, -0.2) is 23.3 Å². The van der Waals surface area contributed by atoms with Gasteiger partial charge in [-0.15, -0.1) is 0 Å². The highest BCUT2D eigenvalue weighted by Gasteiger charge is 2.12. The van der Waals surface area contributed by atoms with Crippen LogP contribution in [0.25, 0.3) is 11.0 Å². The SMILES string of the molecule is COCCC(C)n1c(N)nc2ccccc21. The Bertz CT molecular complexity index is 478. The fourth-order valence-electron chi connectivity index (χ4n) is 1.94. The van der Waals surface area contributed by atoms with Gasteiger partial charge in [0, 0.05) is 19.8 Å². The number of benzene rings is 1. The molecule has 4 heteroatoms. The van der Waals surface area contributed by atoms with Crippen molar-refractivity contribution in [1.82, 2.24) is 9.55 Å². The van der Waals surface area contributed by atoms with Crippen LogP contribution in [0.2, 0.25) is 0 Å². The topological polar surface area (TPSA) is 53.1 Å². The highest BCUT2D eigenvalue weighted by molar-refractivity contribution is 5.78. The van der Waals surface area contributed by atoms with Crippen LogP contribution in [0.1, 0.15) is 19.4 Å². The zero-order valence-electron chi connectivity index (χ0n) is 9.68. The smallest absolute Gasteiger partial charge is 0.201 e. The summed E-state index contributed by atoms with van der Waals surface area (Å²) in [6.45, 7) is 2.86. The van der Waals surface area contributed by atoms with E-state index >= 15 is 0 Å². The molecule has 1 aromatic heterocycles. The Morgan fingerprint density at radius 3 is 2.94 bits per heavy atom. The highest BCUT2D eigenvalue weighted by atomic mass is 16.5. The summed E-state index contributed by atoms with van der Waals surface area (Å²) in [4.78, 5) is 4.34. The lowest BCUT2D eigenvalue weighted by Gasteiger charge is -2.15. The van der Waals surface area contributed by atoms with Crippen LogP contribution in [0.15, 0.2) is 24.3 Å². The summed E-state index contributed by atoms with van der Waals surface area (Å²) in [6, 6.07) is 8.29. The third kappa shape index (κ3) is 1.88. The minimum atomic E-state index is 0.298. The number of nitrogens with two attached hydrogens (primary N) is 1. The van der Waals surface area contributed by atoms with Gasteiger partial charge in [0.25, 0.3) is 0 Å². The number of rotatable bonds is 4. The van der Waals surface area contributed by atoms with E-state index in [0.717, 1.165) is 24.1 Å². The lowest BCUT2D eigenvalue weighted by atomic mass is 10.2. The number of methoxy groups -OCH3 is 1. The average molecular weight is 219 g/mol. The van der Waals surface area contributed by atoms with Gasteiger partial charge in [-0.2, -0.15) is 0 Å². The Balaban J connectivity index is 2.38. The van der Waals surface area contributed by atoms with Crippen LogP contribution in [0, 0.1) is 0 Å². The maximum atomic E-state index is 5.94. The molecule has 16 heavy (non-hydrogen) atoms. The van der Waals surface area contributed by atoms with E-state index in [9.17, 15) is 0 Å². The predicted molar refractivity (Wildman–Crippen MR) is 65.3 cm³/mol. The molecule has 0 aliphatic carbocycles. The zero-order chi connectivity index (χ0) is 11.5. The Morgan fingerprint density at radius 2 is 2.19 bits per heavy atom. The summed E-state index contributed by atoms with van der Waals surface area (Å²) >= 11 is 0. The van der Waals surface area contributed by atoms with Gasteiger partial charge in [-0.25, -0.2) is 4.98 Å². The second-order valence-electron chi connectivity index (χ2n) is 3.96. The fourth-order valence-corrected chi connectivity index (χ4v) is 1.94. The van der Waals surface area contributed by atoms with Gasteiger partial charge in [0.2, 0.25) is 5.95 Å². The monoisotopic (exact) mass is 219 g/mol. The summed E-state index contributed by atoms with van der Waals surface area (Å²) < 4.78 is 7.15. The molecular formula is C12H17N3O. The first kappa shape index (κ1) is 11.0. The number of imidazole rings is 1. The maximum absolute atomic E-state index is 5.94. The molecule has 1 atom stereocenters. The molecule has 4 nitrogen and oxygen atoms in total. The van der Waals surface area contributed by atoms with Gasteiger partial charge >= 0.3 is 0 Å². The van der Waals surface area contributed by atoms with Crippen LogP contribution in [0.5, 0.6) is 0 Å². The number of fused-ring (bicyclic) bond motifs is 1. The molecule has 0 saturated carbocycles. The largest absolute Gasteiger partial charge is 0.385 e. The fraction of sp³-hybridized carbons (Fsp3) is 0.417. The number of nitrogen functional groups attached to an aromatic ring is 1. The number of aromatic nitrogens is 2. The molecule has 2 rings (SSSR count). The lowest BCUT2D eigenvalue weighted by Crippen LogP contribution is -2.10. The van der Waals surface area contributed by atoms with Crippen LogP contribution in [-0.2, 0) is 4.74 Å². The highest BCUT2D eigenvalue weighted by Crippen LogP contribution is 2.24. The quantitative estimate of drug-likeness (QED) is 0.857. The average Bonchev–Trinajstić information content (AvgIpc) is 2.62. The number of para-hydroxylation sites is 2. The first-order chi connectivity index (χ1) is 7.74. The molecule has 0 fully saturated rings. The number of nitrogens with zero attached hydrogens (tertiary/aromatic N) is 2. The summed E-state index contributed by atoms with van der Waals surface area (Å²) in [6.07, 6.45) is 0.932. The molecule has 1 heterocycles. The minimum absolute atomic E-state index is 0.298. The van der Waals surface area contributed by atoms with E-state index in [4.69, 9.17) is 10.5 Å². The van der Waals surface area contributed by atoms with Gasteiger partial charge in [0.1, 0.15) is 0 Å². The van der Waals surface area contributed by atoms with E-state index in [0.29, 0.717) is 12.0 Å². The van der Waals surface area contributed by atoms with E-state index in [1.165, 1.54) is 0 Å². The van der Waals surface area contributed by atoms with E-state index in [1.54, 1.807) is 7.11 Å². The summed E-state index contributed by atoms with van der Waals surface area (Å²) in [7, 11) is 1.71. The third-order valence-corrected chi connectivity index (χ3v) is 2.80. The van der Waals surface area contributed by atoms with Gasteiger partial charge < -0.3 is 15.0 Å². The molecule has 1 unspecified atom stereocenters. The molecule has 0 spiro atoms. The first-order valence-electron chi connectivity index (χ1n) is 5.45. The van der Waals surface area contributed by atoms with Crippen LogP contribution in [0.4, 0.5) is 5.95 Å². The second-order valence-corrected chi connectivity index (χ2v) is 3.96. The molecule has 0 bridgehead atoms. The summed E-state index contributed by atoms with van der Waals surface area (Å²) in [5.41, 5.74) is 7.97. The van der Waals surface area contributed by atoms with Crippen molar-refractivity contribution in [2.24, 2.45) is 0 Å². The van der Waals surface area contributed by atoms with Crippen molar-refractivity contribution in [2.75, 3.05) is 19.5 Å².